The number of nitriles is 3. The van der Waals surface area contributed by atoms with Crippen LogP contribution < -0.4 is 5.32 Å². The fraction of sp³-hybridized carbons (Fsp3) is 0.0652. The zero-order valence-electron chi connectivity index (χ0n) is 27.9. The van der Waals surface area contributed by atoms with Gasteiger partial charge in [-0.15, -0.1) is 0 Å². The van der Waals surface area contributed by atoms with Gasteiger partial charge in [0, 0.05) is 44.5 Å². The Hall–Kier alpha value is -7.13. The third-order valence-electron chi connectivity index (χ3n) is 9.78. The van der Waals surface area contributed by atoms with Crippen molar-refractivity contribution in [2.24, 2.45) is 5.92 Å². The fourth-order valence-electron chi connectivity index (χ4n) is 7.31. The van der Waals surface area contributed by atoms with E-state index >= 15 is 0 Å². The van der Waals surface area contributed by atoms with E-state index in [2.05, 4.69) is 95.7 Å². The van der Waals surface area contributed by atoms with E-state index in [4.69, 9.17) is 0 Å². The van der Waals surface area contributed by atoms with Gasteiger partial charge < -0.3 is 9.88 Å². The van der Waals surface area contributed by atoms with Crippen LogP contribution in [-0.2, 0) is 0 Å². The van der Waals surface area contributed by atoms with Gasteiger partial charge in [0.1, 0.15) is 0 Å². The molecule has 1 unspecified atom stereocenters. The summed E-state index contributed by atoms with van der Waals surface area (Å²) in [6.07, 6.45) is 4.64. The average Bonchev–Trinajstić information content (AvgIpc) is 3.53. The van der Waals surface area contributed by atoms with Crippen LogP contribution in [0.2, 0.25) is 0 Å². The van der Waals surface area contributed by atoms with E-state index in [0.29, 0.717) is 17.5 Å². The molecule has 5 nitrogen and oxygen atoms in total. The topological polar surface area (TPSA) is 88.3 Å². The van der Waals surface area contributed by atoms with Gasteiger partial charge in [-0.1, -0.05) is 91.0 Å². The quantitative estimate of drug-likeness (QED) is 0.193. The highest BCUT2D eigenvalue weighted by Crippen LogP contribution is 2.42. The first kappa shape index (κ1) is 31.2. The van der Waals surface area contributed by atoms with Crippen molar-refractivity contribution >= 4 is 38.8 Å². The molecule has 7 aromatic rings. The summed E-state index contributed by atoms with van der Waals surface area (Å²) >= 11 is 0. The molecule has 1 aliphatic carbocycles. The van der Waals surface area contributed by atoms with Crippen molar-refractivity contribution in [1.82, 2.24) is 4.57 Å². The number of anilines is 2. The number of hydrogen-bond donors (Lipinski definition) is 1. The zero-order chi connectivity index (χ0) is 34.9. The minimum absolute atomic E-state index is 0.179. The number of fused-ring (bicyclic) bond motifs is 3. The maximum Gasteiger partial charge on any atom is 0.0998 e. The Morgan fingerprint density at radius 2 is 1.24 bits per heavy atom. The molecule has 0 saturated heterocycles. The summed E-state index contributed by atoms with van der Waals surface area (Å²) in [5.41, 5.74) is 12.7. The molecule has 1 atom stereocenters. The Morgan fingerprint density at radius 1 is 0.608 bits per heavy atom. The second-order valence-electron chi connectivity index (χ2n) is 12.8. The normalized spacial score (nSPS) is 13.9. The van der Waals surface area contributed by atoms with E-state index in [1.165, 1.54) is 10.8 Å². The minimum Gasteiger partial charge on any atom is -0.355 e. The Kier molecular flexibility index (Phi) is 7.98. The van der Waals surface area contributed by atoms with Gasteiger partial charge in [0.2, 0.25) is 0 Å². The molecule has 1 heterocycles. The smallest absolute Gasteiger partial charge is 0.0998 e. The Labute approximate surface area is 296 Å². The summed E-state index contributed by atoms with van der Waals surface area (Å²) in [5, 5.41) is 36.2. The van der Waals surface area contributed by atoms with E-state index in [1.54, 1.807) is 0 Å². The van der Waals surface area contributed by atoms with Gasteiger partial charge in [0.05, 0.1) is 46.3 Å². The molecule has 0 fully saturated rings. The second-order valence-corrected chi connectivity index (χ2v) is 12.8. The lowest BCUT2D eigenvalue weighted by molar-refractivity contribution is 0.844. The van der Waals surface area contributed by atoms with Gasteiger partial charge >= 0.3 is 0 Å². The highest BCUT2D eigenvalue weighted by atomic mass is 15.0. The second kappa shape index (κ2) is 13.1. The fourth-order valence-corrected chi connectivity index (χ4v) is 7.31. The Morgan fingerprint density at radius 3 is 1.92 bits per heavy atom. The van der Waals surface area contributed by atoms with Crippen molar-refractivity contribution in [3.05, 3.63) is 168 Å². The summed E-state index contributed by atoms with van der Waals surface area (Å²) in [7, 11) is 0. The van der Waals surface area contributed by atoms with Gasteiger partial charge in [0.25, 0.3) is 0 Å². The molecule has 8 rings (SSSR count). The molecule has 51 heavy (non-hydrogen) atoms. The third-order valence-corrected chi connectivity index (χ3v) is 9.78. The number of nitrogens with zero attached hydrogens (tertiary/aromatic N) is 4. The number of rotatable bonds is 6. The first-order chi connectivity index (χ1) is 25.1. The predicted octanol–water partition coefficient (Wildman–Crippen LogP) is 11.5. The highest BCUT2D eigenvalue weighted by Gasteiger charge is 2.21. The van der Waals surface area contributed by atoms with E-state index in [0.717, 1.165) is 67.1 Å². The van der Waals surface area contributed by atoms with Gasteiger partial charge in [-0.25, -0.2) is 0 Å². The van der Waals surface area contributed by atoms with Crippen LogP contribution in [0.25, 0.3) is 55.3 Å². The molecule has 0 saturated carbocycles. The average molecular weight is 654 g/mol. The van der Waals surface area contributed by atoms with Crippen molar-refractivity contribution in [3.8, 4) is 46.1 Å². The molecule has 1 aliphatic rings. The largest absolute Gasteiger partial charge is 0.355 e. The van der Waals surface area contributed by atoms with Crippen LogP contribution in [0.1, 0.15) is 30.0 Å². The molecule has 1 aromatic heterocycles. The monoisotopic (exact) mass is 653 g/mol. The summed E-state index contributed by atoms with van der Waals surface area (Å²) in [6, 6.07) is 51.9. The van der Waals surface area contributed by atoms with E-state index in [-0.39, 0.29) is 5.92 Å². The molecule has 0 aliphatic heterocycles. The molecule has 0 radical (unpaired) electrons. The SMILES string of the molecule is CC1=C(c2ccccc2Nc2ccc(C#N)cc2-c2ccccc2-c2cc(-n3c4ccccc4c4ccccc43)ccc2C#N)CC(C#N)C=C1. The first-order valence-corrected chi connectivity index (χ1v) is 16.9. The predicted molar refractivity (Wildman–Crippen MR) is 206 cm³/mol. The molecule has 1 N–H and O–H groups in total. The minimum atomic E-state index is -0.179. The Balaban J connectivity index is 1.29. The number of allylic oxidation sites excluding steroid dienone is 4. The number of nitrogens with one attached hydrogen (secondary N) is 1. The van der Waals surface area contributed by atoms with Gasteiger partial charge in [-0.3, -0.25) is 0 Å². The number of aromatic nitrogens is 1. The standard InChI is InChI=1S/C46H31N5/c1-30-18-19-31(27-47)24-40(30)37-12-4-7-15-43(37)50-44-23-20-32(28-48)25-42(44)36-11-3-2-10-35(36)41-26-34(22-21-33(41)29-49)51-45-16-8-5-13-38(45)39-14-6-9-17-46(39)51/h2-23,25-26,31,50H,24H2,1H3. The van der Waals surface area contributed by atoms with E-state index < -0.39 is 0 Å². The van der Waals surface area contributed by atoms with Crippen molar-refractivity contribution in [2.45, 2.75) is 13.3 Å². The van der Waals surface area contributed by atoms with Gasteiger partial charge in [-0.05, 0) is 90.2 Å². The first-order valence-electron chi connectivity index (χ1n) is 16.9. The lowest BCUT2D eigenvalue weighted by Crippen LogP contribution is -2.05. The molecule has 6 aromatic carbocycles. The van der Waals surface area contributed by atoms with Gasteiger partial charge in [-0.2, -0.15) is 15.8 Å². The highest BCUT2D eigenvalue weighted by molar-refractivity contribution is 6.09. The van der Waals surface area contributed by atoms with Crippen molar-refractivity contribution in [1.29, 1.82) is 15.8 Å². The molecular weight excluding hydrogens is 623 g/mol. The summed E-state index contributed by atoms with van der Waals surface area (Å²) in [6.45, 7) is 2.08. The van der Waals surface area contributed by atoms with E-state index in [1.807, 2.05) is 84.9 Å². The molecule has 0 spiro atoms. The maximum absolute atomic E-state index is 10.4. The van der Waals surface area contributed by atoms with Crippen LogP contribution in [-0.4, -0.2) is 4.57 Å². The zero-order valence-corrected chi connectivity index (χ0v) is 27.9. The lowest BCUT2D eigenvalue weighted by Gasteiger charge is -2.22. The van der Waals surface area contributed by atoms with Gasteiger partial charge in [0.15, 0.2) is 0 Å². The van der Waals surface area contributed by atoms with Crippen LogP contribution in [0.15, 0.2) is 151 Å². The van der Waals surface area contributed by atoms with Crippen LogP contribution in [0.4, 0.5) is 11.4 Å². The van der Waals surface area contributed by atoms with Crippen LogP contribution in [0.3, 0.4) is 0 Å². The van der Waals surface area contributed by atoms with E-state index in [9.17, 15) is 15.8 Å². The molecule has 5 heteroatoms. The van der Waals surface area contributed by atoms with Crippen LogP contribution in [0, 0.1) is 39.9 Å². The van der Waals surface area contributed by atoms with Crippen molar-refractivity contribution in [3.63, 3.8) is 0 Å². The van der Waals surface area contributed by atoms with Crippen molar-refractivity contribution in [2.75, 3.05) is 5.32 Å². The molecule has 0 bridgehead atoms. The maximum atomic E-state index is 10.4. The lowest BCUT2D eigenvalue weighted by atomic mass is 9.86. The summed E-state index contributed by atoms with van der Waals surface area (Å²) in [4.78, 5) is 0. The number of para-hydroxylation sites is 3. The van der Waals surface area contributed by atoms with Crippen LogP contribution in [0.5, 0.6) is 0 Å². The number of benzene rings is 6. The molecule has 0 amide bonds. The van der Waals surface area contributed by atoms with Crippen LogP contribution >= 0.6 is 0 Å². The summed E-state index contributed by atoms with van der Waals surface area (Å²) in [5.74, 6) is -0.179. The summed E-state index contributed by atoms with van der Waals surface area (Å²) < 4.78 is 2.26. The Bertz CT molecular complexity index is 2650. The number of hydrogen-bond acceptors (Lipinski definition) is 4. The van der Waals surface area contributed by atoms with Crippen molar-refractivity contribution < 1.29 is 0 Å². The third kappa shape index (κ3) is 5.52. The molecule has 240 valence electrons. The molecular formula is C46H31N5.